The maximum atomic E-state index is 12.9. The second-order valence-electron chi connectivity index (χ2n) is 6.84. The van der Waals surface area contributed by atoms with Gasteiger partial charge < -0.3 is 4.74 Å². The average molecular weight is 434 g/mol. The Balaban J connectivity index is 2.13. The molecule has 1 atom stereocenters. The third-order valence-corrected chi connectivity index (χ3v) is 6.25. The summed E-state index contributed by atoms with van der Waals surface area (Å²) in [7, 11) is 0. The molecule has 4 nitrogen and oxygen atoms in total. The molecular weight excluding hydrogens is 414 g/mol. The van der Waals surface area contributed by atoms with Gasteiger partial charge in [0.1, 0.15) is 10.9 Å². The van der Waals surface area contributed by atoms with Gasteiger partial charge in [-0.3, -0.25) is 9.59 Å². The third-order valence-electron chi connectivity index (χ3n) is 4.51. The number of ether oxygens (including phenoxy) is 1. The van der Waals surface area contributed by atoms with Crippen LogP contribution in [0, 0.1) is 6.92 Å². The summed E-state index contributed by atoms with van der Waals surface area (Å²) in [6.07, 6.45) is 0.702. The van der Waals surface area contributed by atoms with Gasteiger partial charge >= 0.3 is 0 Å². The quantitative estimate of drug-likeness (QED) is 0.505. The normalized spacial score (nSPS) is 19.6. The molecule has 136 valence electrons. The van der Waals surface area contributed by atoms with Crippen molar-refractivity contribution in [2.24, 2.45) is 0 Å². The molecule has 26 heavy (non-hydrogen) atoms. The molecule has 0 radical (unpaired) electrons. The lowest BCUT2D eigenvalue weighted by Crippen LogP contribution is -2.47. The zero-order chi connectivity index (χ0) is 19.2. The highest BCUT2D eigenvalue weighted by Gasteiger charge is 2.48. The van der Waals surface area contributed by atoms with Crippen LogP contribution in [0.2, 0.25) is 0 Å². The van der Waals surface area contributed by atoms with Crippen LogP contribution in [0.4, 0.5) is 0 Å². The van der Waals surface area contributed by atoms with Crippen LogP contribution in [0.25, 0.3) is 10.6 Å². The zero-order valence-corrected chi connectivity index (χ0v) is 17.6. The number of aromatic nitrogens is 1. The molecule has 3 rings (SSSR count). The fourth-order valence-electron chi connectivity index (χ4n) is 3.11. The van der Waals surface area contributed by atoms with E-state index in [1.807, 2.05) is 32.0 Å². The van der Waals surface area contributed by atoms with Gasteiger partial charge in [-0.05, 0) is 44.9 Å². The Kier molecular flexibility index (Phi) is 4.92. The first kappa shape index (κ1) is 19.0. The Hall–Kier alpha value is -1.79. The number of ketones is 2. The van der Waals surface area contributed by atoms with Gasteiger partial charge in [0, 0.05) is 14.9 Å². The Bertz CT molecular complexity index is 929. The molecule has 0 amide bonds. The first-order chi connectivity index (χ1) is 12.2. The van der Waals surface area contributed by atoms with Gasteiger partial charge in [0.15, 0.2) is 17.1 Å². The molecule has 0 aliphatic carbocycles. The number of thiazole rings is 1. The average Bonchev–Trinajstić information content (AvgIpc) is 2.97. The van der Waals surface area contributed by atoms with Crippen molar-refractivity contribution in [1.82, 2.24) is 4.98 Å². The number of hydrogen-bond donors (Lipinski definition) is 0. The predicted octanol–water partition coefficient (Wildman–Crippen LogP) is 4.99. The standard InChI is InChI=1S/C20H20BrNO3S/c1-6-14-16(15-17(23)11(3)25-20(4,5)18(15)24)22-19(26-14)13-8-7-12(21)9-10(13)2/h7-9,15H,3,6H2,1-2,4-5H3. The first-order valence-corrected chi connectivity index (χ1v) is 9.99. The highest BCUT2D eigenvalue weighted by molar-refractivity contribution is 9.10. The molecule has 0 saturated carbocycles. The molecule has 1 aromatic carbocycles. The lowest BCUT2D eigenvalue weighted by atomic mass is 9.82. The molecule has 1 aliphatic heterocycles. The van der Waals surface area contributed by atoms with Crippen LogP contribution < -0.4 is 0 Å². The van der Waals surface area contributed by atoms with E-state index >= 15 is 0 Å². The van der Waals surface area contributed by atoms with E-state index in [-0.39, 0.29) is 11.5 Å². The van der Waals surface area contributed by atoms with Gasteiger partial charge in [-0.1, -0.05) is 35.5 Å². The van der Waals surface area contributed by atoms with Gasteiger partial charge in [0.05, 0.1) is 5.69 Å². The summed E-state index contributed by atoms with van der Waals surface area (Å²) in [6, 6.07) is 5.99. The number of hydrogen-bond acceptors (Lipinski definition) is 5. The fraction of sp³-hybridized carbons (Fsp3) is 0.350. The molecule has 6 heteroatoms. The molecule has 2 aromatic rings. The van der Waals surface area contributed by atoms with E-state index in [9.17, 15) is 9.59 Å². The number of nitrogens with zero attached hydrogens (tertiary/aromatic N) is 1. The van der Waals surface area contributed by atoms with Crippen molar-refractivity contribution in [2.75, 3.05) is 0 Å². The number of aryl methyl sites for hydroxylation is 2. The summed E-state index contributed by atoms with van der Waals surface area (Å²) in [5.41, 5.74) is 1.54. The van der Waals surface area contributed by atoms with Crippen LogP contribution in [0.1, 0.15) is 42.8 Å². The maximum absolute atomic E-state index is 12.9. The van der Waals surface area contributed by atoms with Gasteiger partial charge in [-0.25, -0.2) is 4.98 Å². The summed E-state index contributed by atoms with van der Waals surface area (Å²) < 4.78 is 6.42. The van der Waals surface area contributed by atoms with E-state index in [0.29, 0.717) is 12.1 Å². The van der Waals surface area contributed by atoms with Gasteiger partial charge in [0.2, 0.25) is 5.78 Å². The van der Waals surface area contributed by atoms with Crippen molar-refractivity contribution in [3.05, 3.63) is 51.1 Å². The first-order valence-electron chi connectivity index (χ1n) is 8.38. The van der Waals surface area contributed by atoms with E-state index in [1.54, 1.807) is 13.8 Å². The van der Waals surface area contributed by atoms with Crippen molar-refractivity contribution < 1.29 is 14.3 Å². The number of rotatable bonds is 3. The molecule has 1 aromatic heterocycles. The van der Waals surface area contributed by atoms with Crippen LogP contribution in [-0.2, 0) is 20.7 Å². The second-order valence-corrected chi connectivity index (χ2v) is 8.84. The van der Waals surface area contributed by atoms with Crippen molar-refractivity contribution in [2.45, 2.75) is 45.6 Å². The molecule has 1 aliphatic rings. The lowest BCUT2D eigenvalue weighted by molar-refractivity contribution is -0.150. The summed E-state index contributed by atoms with van der Waals surface area (Å²) >= 11 is 5.00. The van der Waals surface area contributed by atoms with Gasteiger partial charge in [-0.2, -0.15) is 0 Å². The van der Waals surface area contributed by atoms with Crippen LogP contribution in [0.15, 0.2) is 35.0 Å². The highest BCUT2D eigenvalue weighted by atomic mass is 79.9. The minimum absolute atomic E-state index is 0.0241. The minimum Gasteiger partial charge on any atom is -0.477 e. The highest BCUT2D eigenvalue weighted by Crippen LogP contribution is 2.40. The number of halogens is 1. The molecule has 1 unspecified atom stereocenters. The Morgan fingerprint density at radius 2 is 2.04 bits per heavy atom. The van der Waals surface area contributed by atoms with Crippen LogP contribution in [0.3, 0.4) is 0 Å². The van der Waals surface area contributed by atoms with E-state index in [1.165, 1.54) is 11.3 Å². The molecule has 0 N–H and O–H groups in total. The summed E-state index contributed by atoms with van der Waals surface area (Å²) in [6.45, 7) is 11.0. The van der Waals surface area contributed by atoms with Crippen molar-refractivity contribution in [3.8, 4) is 10.6 Å². The lowest BCUT2D eigenvalue weighted by Gasteiger charge is -2.34. The number of carbonyl (C=O) groups excluding carboxylic acids is 2. The van der Waals surface area contributed by atoms with Gasteiger partial charge in [-0.15, -0.1) is 11.3 Å². The topological polar surface area (TPSA) is 56.3 Å². The van der Waals surface area contributed by atoms with Crippen molar-refractivity contribution >= 4 is 38.8 Å². The van der Waals surface area contributed by atoms with Crippen LogP contribution in [-0.4, -0.2) is 22.2 Å². The summed E-state index contributed by atoms with van der Waals surface area (Å²) in [5.74, 6) is -1.58. The van der Waals surface area contributed by atoms with Crippen LogP contribution >= 0.6 is 27.3 Å². The van der Waals surface area contributed by atoms with E-state index in [0.717, 1.165) is 25.5 Å². The molecular formula is C20H20BrNO3S. The Morgan fingerprint density at radius 3 is 2.65 bits per heavy atom. The van der Waals surface area contributed by atoms with E-state index < -0.39 is 17.3 Å². The number of Topliss-reactive ketones (excluding diaryl/α,β-unsaturated/α-hetero) is 2. The predicted molar refractivity (Wildman–Crippen MR) is 106 cm³/mol. The SMILES string of the molecule is C=C1OC(C)(C)C(=O)C(c2nc(-c3ccc(Br)cc3C)sc2CC)C1=O. The summed E-state index contributed by atoms with van der Waals surface area (Å²) in [5, 5.41) is 0.817. The summed E-state index contributed by atoms with van der Waals surface area (Å²) in [4.78, 5) is 31.2. The fourth-order valence-corrected chi connectivity index (χ4v) is 4.71. The molecule has 0 spiro atoms. The smallest absolute Gasteiger partial charge is 0.213 e. The van der Waals surface area contributed by atoms with E-state index in [2.05, 4.69) is 22.5 Å². The number of carbonyl (C=O) groups is 2. The maximum Gasteiger partial charge on any atom is 0.213 e. The van der Waals surface area contributed by atoms with Crippen molar-refractivity contribution in [1.29, 1.82) is 0 Å². The third kappa shape index (κ3) is 3.16. The largest absolute Gasteiger partial charge is 0.477 e. The molecule has 1 saturated heterocycles. The minimum atomic E-state index is -1.09. The molecule has 2 heterocycles. The molecule has 0 bridgehead atoms. The Morgan fingerprint density at radius 1 is 1.35 bits per heavy atom. The van der Waals surface area contributed by atoms with Crippen molar-refractivity contribution in [3.63, 3.8) is 0 Å². The second kappa shape index (κ2) is 6.74. The van der Waals surface area contributed by atoms with Gasteiger partial charge in [0.25, 0.3) is 0 Å². The zero-order valence-electron chi connectivity index (χ0n) is 15.2. The Labute approximate surface area is 165 Å². The number of benzene rings is 1. The number of allylic oxidation sites excluding steroid dienone is 1. The van der Waals surface area contributed by atoms with Crippen LogP contribution in [0.5, 0.6) is 0 Å². The van der Waals surface area contributed by atoms with E-state index in [4.69, 9.17) is 9.72 Å². The molecule has 1 fully saturated rings. The monoisotopic (exact) mass is 433 g/mol.